The number of hydrogen-bond acceptors (Lipinski definition) is 13. The largest absolute Gasteiger partial charge is 0.504 e. The molecule has 8 heterocycles. The Hall–Kier alpha value is -4.94. The summed E-state index contributed by atoms with van der Waals surface area (Å²) in [6.45, 7) is 7.60. The number of aromatic hydroxyl groups is 1. The fourth-order valence-electron chi connectivity index (χ4n) is 10.4. The Balaban J connectivity index is 1.24. The van der Waals surface area contributed by atoms with Crippen LogP contribution in [0.3, 0.4) is 0 Å². The molecule has 4 aromatic rings. The average molecular weight is 764 g/mol. The smallest absolute Gasteiger partial charge is 0.333 e. The quantitative estimate of drug-likeness (QED) is 0.164. The number of esters is 2. The molecule has 4 N–H and O–H groups in total. The van der Waals surface area contributed by atoms with Crippen molar-refractivity contribution in [1.82, 2.24) is 20.5 Å². The van der Waals surface area contributed by atoms with Crippen LogP contribution >= 0.6 is 11.8 Å². The number of phenolic OH excluding ortho intramolecular Hbond substituents is 1. The summed E-state index contributed by atoms with van der Waals surface area (Å²) in [5, 5.41) is 31.0. The normalized spacial score (nSPS) is 28.8. The molecule has 1 aromatic heterocycles. The number of nitriles is 1. The number of H-pyrrole nitrogens is 1. The van der Waals surface area contributed by atoms with Gasteiger partial charge in [0.25, 0.3) is 0 Å². The van der Waals surface area contributed by atoms with E-state index in [9.17, 15) is 20.0 Å². The van der Waals surface area contributed by atoms with E-state index < -0.39 is 46.9 Å². The van der Waals surface area contributed by atoms with Crippen LogP contribution in [-0.4, -0.2) is 77.9 Å². The van der Waals surface area contributed by atoms with Gasteiger partial charge in [0.15, 0.2) is 28.5 Å². The molecule has 2 saturated heterocycles. The summed E-state index contributed by atoms with van der Waals surface area (Å²) in [5.41, 5.74) is 7.18. The molecule has 13 nitrogen and oxygen atoms in total. The summed E-state index contributed by atoms with van der Waals surface area (Å²) < 4.78 is 30.6. The van der Waals surface area contributed by atoms with Crippen molar-refractivity contribution in [2.24, 2.45) is 0 Å². The van der Waals surface area contributed by atoms with Crippen molar-refractivity contribution in [3.63, 3.8) is 0 Å². The molecule has 0 saturated carbocycles. The number of ether oxygens (including phenoxy) is 5. The first-order valence-corrected chi connectivity index (χ1v) is 19.7. The minimum Gasteiger partial charge on any atom is -0.504 e. The molecule has 0 aliphatic carbocycles. The van der Waals surface area contributed by atoms with Crippen molar-refractivity contribution >= 4 is 34.6 Å². The molecule has 7 aliphatic rings. The molecule has 4 bridgehead atoms. The maximum Gasteiger partial charge on any atom is 0.333 e. The Labute approximate surface area is 321 Å². The number of benzene rings is 3. The number of rotatable bonds is 2. The highest BCUT2D eigenvalue weighted by atomic mass is 32.2. The second kappa shape index (κ2) is 12.3. The maximum absolute atomic E-state index is 14.8. The van der Waals surface area contributed by atoms with Crippen LogP contribution in [0.15, 0.2) is 24.3 Å². The monoisotopic (exact) mass is 763 g/mol. The number of nitrogens with zero attached hydrogens (tertiary/aromatic N) is 2. The molecule has 3 unspecified atom stereocenters. The van der Waals surface area contributed by atoms with Gasteiger partial charge >= 0.3 is 11.9 Å². The lowest BCUT2D eigenvalue weighted by Crippen LogP contribution is -2.69. The Kier molecular flexibility index (Phi) is 7.71. The zero-order valence-electron chi connectivity index (χ0n) is 31.1. The van der Waals surface area contributed by atoms with Crippen LogP contribution in [0.25, 0.3) is 10.9 Å². The van der Waals surface area contributed by atoms with Crippen molar-refractivity contribution in [2.75, 3.05) is 32.8 Å². The van der Waals surface area contributed by atoms with Crippen LogP contribution in [0.5, 0.6) is 28.7 Å². The average Bonchev–Trinajstić information content (AvgIpc) is 3.80. The number of aromatic amines is 1. The van der Waals surface area contributed by atoms with Crippen molar-refractivity contribution in [1.29, 1.82) is 5.26 Å². The van der Waals surface area contributed by atoms with Crippen LogP contribution in [0.4, 0.5) is 0 Å². The van der Waals surface area contributed by atoms with Crippen LogP contribution in [0.2, 0.25) is 0 Å². The van der Waals surface area contributed by atoms with E-state index in [4.69, 9.17) is 23.7 Å². The number of thioether (sulfide) groups is 1. The zero-order valence-corrected chi connectivity index (χ0v) is 31.9. The Morgan fingerprint density at radius 3 is 2.71 bits per heavy atom. The van der Waals surface area contributed by atoms with E-state index in [1.54, 1.807) is 18.9 Å². The lowest BCUT2D eigenvalue weighted by molar-refractivity contribution is -0.155. The molecule has 284 valence electrons. The summed E-state index contributed by atoms with van der Waals surface area (Å²) in [6, 6.07) is 8.25. The first-order chi connectivity index (χ1) is 26.6. The molecule has 7 aliphatic heterocycles. The van der Waals surface area contributed by atoms with Gasteiger partial charge in [-0.3, -0.25) is 15.0 Å². The fourth-order valence-corrected chi connectivity index (χ4v) is 12.1. The Morgan fingerprint density at radius 2 is 1.93 bits per heavy atom. The van der Waals surface area contributed by atoms with Gasteiger partial charge < -0.3 is 39.1 Å². The first kappa shape index (κ1) is 34.5. The second-order valence-electron chi connectivity index (χ2n) is 15.5. The van der Waals surface area contributed by atoms with Crippen molar-refractivity contribution < 1.29 is 38.4 Å². The highest BCUT2D eigenvalue weighted by Gasteiger charge is 2.60. The number of hydrogen-bond donors (Lipinski definition) is 4. The molecule has 7 atom stereocenters. The first-order valence-electron chi connectivity index (χ1n) is 18.7. The minimum absolute atomic E-state index is 0.0373. The number of methoxy groups -OCH3 is 1. The van der Waals surface area contributed by atoms with Crippen molar-refractivity contribution in [3.05, 3.63) is 74.5 Å². The number of aryl methyl sites for hydroxylation is 2. The van der Waals surface area contributed by atoms with Crippen LogP contribution < -0.4 is 29.6 Å². The summed E-state index contributed by atoms with van der Waals surface area (Å²) >= 11 is 1.54. The third kappa shape index (κ3) is 4.70. The van der Waals surface area contributed by atoms with Gasteiger partial charge in [-0.15, -0.1) is 11.8 Å². The number of piperazine rings is 1. The van der Waals surface area contributed by atoms with Gasteiger partial charge in [0.1, 0.15) is 18.4 Å². The third-order valence-electron chi connectivity index (χ3n) is 12.5. The predicted octanol–water partition coefficient (Wildman–Crippen LogP) is 4.72. The van der Waals surface area contributed by atoms with E-state index in [1.807, 2.05) is 19.9 Å². The van der Waals surface area contributed by atoms with E-state index in [-0.39, 0.29) is 30.9 Å². The lowest BCUT2D eigenvalue weighted by Gasteiger charge is -2.59. The van der Waals surface area contributed by atoms with Gasteiger partial charge in [-0.05, 0) is 62.4 Å². The molecule has 2 fully saturated rings. The number of aromatic nitrogens is 1. The summed E-state index contributed by atoms with van der Waals surface area (Å²) in [5.74, 6) is 1.10. The van der Waals surface area contributed by atoms with E-state index >= 15 is 0 Å². The van der Waals surface area contributed by atoms with Gasteiger partial charge in [0.2, 0.25) is 6.79 Å². The van der Waals surface area contributed by atoms with Crippen LogP contribution in [0, 0.1) is 32.1 Å². The molecule has 11 rings (SSSR count). The van der Waals surface area contributed by atoms with Gasteiger partial charge in [-0.25, -0.2) is 4.79 Å². The Morgan fingerprint density at radius 1 is 1.11 bits per heavy atom. The SMILES string of the molecule is COc1c(C)cc2c(c1O)C1NC(C2)[C@H](C#N)N2C1[C@@H]1SC[C@]3(NCCc4c3[nH]c3ccc(C)cc43)C(=O)OC[C@H]2c2c3c(c(C)c(OC(C)=O)c21)OCO3. The van der Waals surface area contributed by atoms with Gasteiger partial charge in [-0.2, -0.15) is 5.26 Å². The molecule has 3 aromatic carbocycles. The van der Waals surface area contributed by atoms with E-state index in [2.05, 4.69) is 51.7 Å². The number of phenols is 1. The molecular formula is C41H41N5O8S. The molecule has 55 heavy (non-hydrogen) atoms. The number of carbonyl (C=O) groups is 2. The van der Waals surface area contributed by atoms with Gasteiger partial charge in [0, 0.05) is 64.5 Å². The van der Waals surface area contributed by atoms with Crippen LogP contribution in [-0.2, 0) is 32.7 Å². The zero-order chi connectivity index (χ0) is 38.1. The third-order valence-corrected chi connectivity index (χ3v) is 14.0. The number of fused-ring (bicyclic) bond motifs is 11. The maximum atomic E-state index is 14.8. The molecule has 0 radical (unpaired) electrons. The molecule has 14 heteroatoms. The van der Waals surface area contributed by atoms with Crippen molar-refractivity contribution in [2.45, 2.75) is 81.5 Å². The van der Waals surface area contributed by atoms with E-state index in [0.29, 0.717) is 52.7 Å². The van der Waals surface area contributed by atoms with Crippen molar-refractivity contribution in [3.8, 4) is 34.8 Å². The Bertz CT molecular complexity index is 2410. The summed E-state index contributed by atoms with van der Waals surface area (Å²) in [6.07, 6.45) is 1.22. The molecule has 0 amide bonds. The summed E-state index contributed by atoms with van der Waals surface area (Å²) in [4.78, 5) is 33.5. The highest BCUT2D eigenvalue weighted by Crippen LogP contribution is 2.63. The van der Waals surface area contributed by atoms with E-state index in [0.717, 1.165) is 50.8 Å². The predicted molar refractivity (Wildman–Crippen MR) is 202 cm³/mol. The molecular weight excluding hydrogens is 723 g/mol. The summed E-state index contributed by atoms with van der Waals surface area (Å²) in [7, 11) is 1.55. The second-order valence-corrected chi connectivity index (χ2v) is 16.6. The van der Waals surface area contributed by atoms with E-state index in [1.165, 1.54) is 6.92 Å². The molecule has 1 spiro atoms. The fraction of sp³-hybridized carbons (Fsp3) is 0.439. The van der Waals surface area contributed by atoms with Gasteiger partial charge in [-0.1, -0.05) is 17.7 Å². The number of carbonyl (C=O) groups excluding carboxylic acids is 2. The van der Waals surface area contributed by atoms with Gasteiger partial charge in [0.05, 0.1) is 36.2 Å². The minimum atomic E-state index is -1.24. The lowest BCUT2D eigenvalue weighted by atomic mass is 9.72. The van der Waals surface area contributed by atoms with Crippen LogP contribution in [0.1, 0.15) is 74.5 Å². The topological polar surface area (TPSA) is 167 Å². The number of nitrogens with one attached hydrogen (secondary N) is 3. The standard InChI is InChI=1S/C41H41N5O8S/c1-17-6-7-24-23(10-17)22-8-9-43-41(39(22)45-24)15-55-38-30-29(37-36(52-16-53-37)19(3)35(30)54-20(4)47)27(14-51-40(41)49)46-26(13-42)25-12-21-11-18(2)34(50-5)33(48)28(21)31(44-25)32(38)46/h6-7,10-11,25-27,31-32,38,43-45,48H,8-9,12,14-16H2,1-5H3/t25?,26-,27-,31?,32?,38+,41+/m0/s1. The highest BCUT2D eigenvalue weighted by molar-refractivity contribution is 7.99.